The maximum absolute atomic E-state index is 9.27. The molecule has 0 spiro atoms. The van der Waals surface area contributed by atoms with E-state index >= 15 is 0 Å². The first kappa shape index (κ1) is 13.2. The Morgan fingerprint density at radius 3 is 2.06 bits per heavy atom. The molecule has 1 aromatic rings. The van der Waals surface area contributed by atoms with Crippen molar-refractivity contribution < 1.29 is 5.11 Å². The second-order valence-electron chi connectivity index (χ2n) is 4.79. The Balaban J connectivity index is 2.86. The van der Waals surface area contributed by atoms with Crippen LogP contribution < -0.4 is 5.32 Å². The Kier molecular flexibility index (Phi) is 4.51. The maximum Gasteiger partial charge on any atom is 0.0636 e. The Hall–Kier alpha value is -0.860. The molecule has 1 aromatic carbocycles. The number of hydrogen-bond donors (Lipinski definition) is 2. The van der Waals surface area contributed by atoms with Crippen molar-refractivity contribution in [3.05, 3.63) is 34.4 Å². The van der Waals surface area contributed by atoms with Gasteiger partial charge in [-0.1, -0.05) is 17.7 Å². The van der Waals surface area contributed by atoms with Crippen LogP contribution >= 0.6 is 0 Å². The largest absolute Gasteiger partial charge is 0.392 e. The van der Waals surface area contributed by atoms with E-state index in [1.165, 1.54) is 22.3 Å². The van der Waals surface area contributed by atoms with Crippen LogP contribution in [0.25, 0.3) is 0 Å². The van der Waals surface area contributed by atoms with Gasteiger partial charge >= 0.3 is 0 Å². The molecule has 0 aliphatic heterocycles. The topological polar surface area (TPSA) is 32.3 Å². The highest BCUT2D eigenvalue weighted by Gasteiger charge is 2.11. The Morgan fingerprint density at radius 1 is 1.12 bits per heavy atom. The molecule has 0 aromatic heterocycles. The molecule has 0 bridgehead atoms. The fraction of sp³-hybridized carbons (Fsp3) is 0.571. The predicted octanol–water partition coefficient (Wildman–Crippen LogP) is 2.64. The first-order valence-corrected chi connectivity index (χ1v) is 5.91. The summed E-state index contributed by atoms with van der Waals surface area (Å²) in [6, 6.07) is 4.71. The minimum absolute atomic E-state index is 0.287. The van der Waals surface area contributed by atoms with Crippen LogP contribution in [-0.4, -0.2) is 17.8 Å². The molecule has 0 fully saturated rings. The molecule has 0 aliphatic carbocycles. The molecular weight excluding hydrogens is 198 g/mol. The van der Waals surface area contributed by atoms with E-state index in [2.05, 4.69) is 45.1 Å². The number of hydrogen-bond acceptors (Lipinski definition) is 2. The van der Waals surface area contributed by atoms with Crippen LogP contribution in [0.3, 0.4) is 0 Å². The van der Waals surface area contributed by atoms with E-state index < -0.39 is 0 Å². The zero-order valence-electron chi connectivity index (χ0n) is 11.0. The fourth-order valence-corrected chi connectivity index (χ4v) is 2.32. The van der Waals surface area contributed by atoms with Crippen LogP contribution in [0.15, 0.2) is 12.1 Å². The van der Waals surface area contributed by atoms with Crippen molar-refractivity contribution in [2.45, 2.75) is 46.8 Å². The summed E-state index contributed by atoms with van der Waals surface area (Å²) in [5.74, 6) is 0. The van der Waals surface area contributed by atoms with Gasteiger partial charge in [0, 0.05) is 12.6 Å². The molecule has 0 heterocycles. The monoisotopic (exact) mass is 221 g/mol. The molecule has 2 N–H and O–H groups in total. The van der Waals surface area contributed by atoms with Crippen molar-refractivity contribution in [3.63, 3.8) is 0 Å². The number of nitrogens with one attached hydrogen (secondary N) is 1. The number of rotatable bonds is 4. The smallest absolute Gasteiger partial charge is 0.0636 e. The molecule has 0 aliphatic rings. The molecule has 16 heavy (non-hydrogen) atoms. The summed E-state index contributed by atoms with van der Waals surface area (Å²) in [4.78, 5) is 0. The molecule has 2 atom stereocenters. The number of aryl methyl sites for hydroxylation is 3. The lowest BCUT2D eigenvalue weighted by Crippen LogP contribution is -2.28. The van der Waals surface area contributed by atoms with E-state index in [1.54, 1.807) is 6.92 Å². The van der Waals surface area contributed by atoms with E-state index in [1.807, 2.05) is 0 Å². The van der Waals surface area contributed by atoms with Crippen LogP contribution in [-0.2, 0) is 0 Å². The molecule has 1 rings (SSSR count). The lowest BCUT2D eigenvalue weighted by molar-refractivity contribution is 0.187. The van der Waals surface area contributed by atoms with Gasteiger partial charge in [0.2, 0.25) is 0 Å². The van der Waals surface area contributed by atoms with E-state index in [9.17, 15) is 5.11 Å². The SMILES string of the molecule is Cc1cc(C)c(C(C)NC[C@H](C)O)c(C)c1. The molecule has 90 valence electrons. The van der Waals surface area contributed by atoms with Crippen molar-refractivity contribution in [2.24, 2.45) is 0 Å². The molecule has 2 nitrogen and oxygen atoms in total. The highest BCUT2D eigenvalue weighted by Crippen LogP contribution is 2.23. The second-order valence-corrected chi connectivity index (χ2v) is 4.79. The highest BCUT2D eigenvalue weighted by molar-refractivity contribution is 5.39. The molecule has 0 saturated carbocycles. The standard InChI is InChI=1S/C14H23NO/c1-9-6-10(2)14(11(3)7-9)13(5)15-8-12(4)16/h6-7,12-13,15-16H,8H2,1-5H3/t12-,13?/m0/s1. The third kappa shape index (κ3) is 3.32. The summed E-state index contributed by atoms with van der Waals surface area (Å²) in [6.45, 7) is 11.0. The Morgan fingerprint density at radius 2 is 1.62 bits per heavy atom. The zero-order valence-corrected chi connectivity index (χ0v) is 11.0. The summed E-state index contributed by atoms with van der Waals surface area (Å²) in [5, 5.41) is 12.6. The first-order valence-electron chi connectivity index (χ1n) is 5.91. The fourth-order valence-electron chi connectivity index (χ4n) is 2.32. The second kappa shape index (κ2) is 5.46. The van der Waals surface area contributed by atoms with Crippen molar-refractivity contribution in [3.8, 4) is 0 Å². The van der Waals surface area contributed by atoms with Gasteiger partial charge in [-0.3, -0.25) is 0 Å². The maximum atomic E-state index is 9.27. The molecule has 1 unspecified atom stereocenters. The number of benzene rings is 1. The summed E-state index contributed by atoms with van der Waals surface area (Å²) in [6.07, 6.45) is -0.298. The van der Waals surface area contributed by atoms with Crippen molar-refractivity contribution >= 4 is 0 Å². The van der Waals surface area contributed by atoms with Gasteiger partial charge in [-0.05, 0) is 51.3 Å². The van der Waals surface area contributed by atoms with Crippen molar-refractivity contribution in [1.29, 1.82) is 0 Å². The van der Waals surface area contributed by atoms with Crippen LogP contribution in [0.5, 0.6) is 0 Å². The lowest BCUT2D eigenvalue weighted by atomic mass is 9.95. The van der Waals surface area contributed by atoms with Crippen LogP contribution in [0, 0.1) is 20.8 Å². The van der Waals surface area contributed by atoms with Crippen molar-refractivity contribution in [2.75, 3.05) is 6.54 Å². The third-order valence-electron chi connectivity index (χ3n) is 2.89. The van der Waals surface area contributed by atoms with Gasteiger partial charge in [0.05, 0.1) is 6.10 Å². The summed E-state index contributed by atoms with van der Waals surface area (Å²) < 4.78 is 0. The van der Waals surface area contributed by atoms with Crippen LogP contribution in [0.1, 0.15) is 42.1 Å². The van der Waals surface area contributed by atoms with E-state index in [4.69, 9.17) is 0 Å². The number of aliphatic hydroxyl groups is 1. The Labute approximate surface area is 98.7 Å². The van der Waals surface area contributed by atoms with Gasteiger partial charge < -0.3 is 10.4 Å². The average Bonchev–Trinajstić information content (AvgIpc) is 2.12. The molecular formula is C14H23NO. The molecule has 0 amide bonds. The zero-order chi connectivity index (χ0) is 12.3. The van der Waals surface area contributed by atoms with Crippen LogP contribution in [0.2, 0.25) is 0 Å². The van der Waals surface area contributed by atoms with Gasteiger partial charge in [-0.25, -0.2) is 0 Å². The van der Waals surface area contributed by atoms with Crippen LogP contribution in [0.4, 0.5) is 0 Å². The molecule has 0 saturated heterocycles. The van der Waals surface area contributed by atoms with Gasteiger partial charge in [-0.2, -0.15) is 0 Å². The summed E-state index contributed by atoms with van der Waals surface area (Å²) >= 11 is 0. The first-order chi connectivity index (χ1) is 7.41. The van der Waals surface area contributed by atoms with E-state index in [0.717, 1.165) is 0 Å². The van der Waals surface area contributed by atoms with Crippen molar-refractivity contribution in [1.82, 2.24) is 5.32 Å². The molecule has 2 heteroatoms. The average molecular weight is 221 g/mol. The Bertz CT molecular complexity index is 335. The lowest BCUT2D eigenvalue weighted by Gasteiger charge is -2.20. The minimum Gasteiger partial charge on any atom is -0.392 e. The van der Waals surface area contributed by atoms with E-state index in [-0.39, 0.29) is 12.1 Å². The van der Waals surface area contributed by atoms with Gasteiger partial charge in [0.15, 0.2) is 0 Å². The predicted molar refractivity (Wildman–Crippen MR) is 68.8 cm³/mol. The number of aliphatic hydroxyl groups excluding tert-OH is 1. The molecule has 0 radical (unpaired) electrons. The quantitative estimate of drug-likeness (QED) is 0.819. The minimum atomic E-state index is -0.298. The van der Waals surface area contributed by atoms with Gasteiger partial charge in [0.25, 0.3) is 0 Å². The van der Waals surface area contributed by atoms with E-state index in [0.29, 0.717) is 6.54 Å². The highest BCUT2D eigenvalue weighted by atomic mass is 16.3. The van der Waals surface area contributed by atoms with Gasteiger partial charge in [0.1, 0.15) is 0 Å². The third-order valence-corrected chi connectivity index (χ3v) is 2.89. The normalized spacial score (nSPS) is 14.9. The summed E-state index contributed by atoms with van der Waals surface area (Å²) in [7, 11) is 0. The van der Waals surface area contributed by atoms with Gasteiger partial charge in [-0.15, -0.1) is 0 Å². The summed E-state index contributed by atoms with van der Waals surface area (Å²) in [5.41, 5.74) is 5.30.